The summed E-state index contributed by atoms with van der Waals surface area (Å²) < 4.78 is 1.67. The van der Waals surface area contributed by atoms with Crippen LogP contribution in [-0.4, -0.2) is 20.7 Å². The zero-order chi connectivity index (χ0) is 16.8. The number of benzene rings is 1. The van der Waals surface area contributed by atoms with Crippen LogP contribution in [0.25, 0.3) is 0 Å². The number of amides is 1. The quantitative estimate of drug-likeness (QED) is 0.719. The highest BCUT2D eigenvalue weighted by atomic mass is 32.1. The normalized spacial score (nSPS) is 12.0. The van der Waals surface area contributed by atoms with Crippen molar-refractivity contribution >= 4 is 17.2 Å². The number of aromatic nitrogens is 3. The Morgan fingerprint density at radius 2 is 2.12 bits per heavy atom. The second-order valence-electron chi connectivity index (χ2n) is 5.69. The van der Waals surface area contributed by atoms with Crippen molar-refractivity contribution in [2.45, 2.75) is 32.4 Å². The summed E-state index contributed by atoms with van der Waals surface area (Å²) in [5.74, 6) is 0.0271. The van der Waals surface area contributed by atoms with Crippen LogP contribution in [0.4, 0.5) is 0 Å². The van der Waals surface area contributed by atoms with E-state index < -0.39 is 0 Å². The first-order chi connectivity index (χ1) is 11.7. The van der Waals surface area contributed by atoms with Crippen molar-refractivity contribution in [1.29, 1.82) is 0 Å². The van der Waals surface area contributed by atoms with E-state index in [-0.39, 0.29) is 11.9 Å². The summed E-state index contributed by atoms with van der Waals surface area (Å²) in [6.45, 7) is 2.62. The Morgan fingerprint density at radius 1 is 1.29 bits per heavy atom. The number of hydrogen-bond acceptors (Lipinski definition) is 4. The van der Waals surface area contributed by atoms with Crippen molar-refractivity contribution in [2.75, 3.05) is 0 Å². The van der Waals surface area contributed by atoms with E-state index >= 15 is 0 Å². The molecule has 0 aliphatic heterocycles. The van der Waals surface area contributed by atoms with Gasteiger partial charge in [-0.15, -0.1) is 11.3 Å². The molecule has 0 unspecified atom stereocenters. The average molecular weight is 340 g/mol. The molecule has 0 aliphatic carbocycles. The van der Waals surface area contributed by atoms with E-state index in [1.807, 2.05) is 18.2 Å². The van der Waals surface area contributed by atoms with Crippen LogP contribution in [0.3, 0.4) is 0 Å². The van der Waals surface area contributed by atoms with E-state index in [4.69, 9.17) is 0 Å². The predicted molar refractivity (Wildman–Crippen MR) is 94.7 cm³/mol. The lowest BCUT2D eigenvalue weighted by Crippen LogP contribution is -2.30. The van der Waals surface area contributed by atoms with Crippen LogP contribution in [0.5, 0.6) is 0 Å². The number of carbonyl (C=O) groups excluding carboxylic acids is 1. The summed E-state index contributed by atoms with van der Waals surface area (Å²) in [7, 11) is 0. The van der Waals surface area contributed by atoms with Gasteiger partial charge >= 0.3 is 0 Å². The molecule has 1 atom stereocenters. The van der Waals surface area contributed by atoms with Crippen LogP contribution in [0.15, 0.2) is 54.4 Å². The standard InChI is InChI=1S/C18H20N4OS/c1-14-8-10-24-18(14)16(11-15-5-3-2-4-6-15)21-17(23)7-9-22-13-19-12-20-22/h2-6,8,10,12-13,16H,7,9,11H2,1H3,(H,21,23)/t16-/m1/s1. The molecule has 1 amide bonds. The lowest BCUT2D eigenvalue weighted by atomic mass is 10.0. The molecule has 0 saturated heterocycles. The van der Waals surface area contributed by atoms with Gasteiger partial charge in [-0.25, -0.2) is 4.98 Å². The van der Waals surface area contributed by atoms with Gasteiger partial charge in [-0.2, -0.15) is 5.10 Å². The maximum Gasteiger partial charge on any atom is 0.222 e. The van der Waals surface area contributed by atoms with Gasteiger partial charge in [0.15, 0.2) is 0 Å². The van der Waals surface area contributed by atoms with Gasteiger partial charge in [0.25, 0.3) is 0 Å². The molecule has 3 aromatic rings. The third kappa shape index (κ3) is 4.29. The van der Waals surface area contributed by atoms with E-state index in [0.29, 0.717) is 13.0 Å². The minimum atomic E-state index is -0.00403. The van der Waals surface area contributed by atoms with Gasteiger partial charge in [0, 0.05) is 11.3 Å². The van der Waals surface area contributed by atoms with Crippen LogP contribution < -0.4 is 5.32 Å². The van der Waals surface area contributed by atoms with Crippen LogP contribution >= 0.6 is 11.3 Å². The molecule has 6 heteroatoms. The lowest BCUT2D eigenvalue weighted by molar-refractivity contribution is -0.122. The second kappa shape index (κ2) is 7.88. The summed E-state index contributed by atoms with van der Waals surface area (Å²) in [6, 6.07) is 12.3. The maximum atomic E-state index is 12.4. The molecule has 0 bridgehead atoms. The van der Waals surface area contributed by atoms with Crippen molar-refractivity contribution in [3.05, 3.63) is 70.4 Å². The highest BCUT2D eigenvalue weighted by Crippen LogP contribution is 2.27. The molecule has 3 rings (SSSR count). The van der Waals surface area contributed by atoms with Crippen molar-refractivity contribution in [1.82, 2.24) is 20.1 Å². The van der Waals surface area contributed by atoms with Crippen molar-refractivity contribution < 1.29 is 4.79 Å². The van der Waals surface area contributed by atoms with Crippen molar-refractivity contribution in [3.63, 3.8) is 0 Å². The third-order valence-electron chi connectivity index (χ3n) is 3.87. The largest absolute Gasteiger partial charge is 0.348 e. The fraction of sp³-hybridized carbons (Fsp3) is 0.278. The zero-order valence-electron chi connectivity index (χ0n) is 13.6. The number of hydrogen-bond donors (Lipinski definition) is 1. The monoisotopic (exact) mass is 340 g/mol. The molecule has 0 aliphatic rings. The first-order valence-electron chi connectivity index (χ1n) is 7.92. The minimum absolute atomic E-state index is 0.00403. The Hall–Kier alpha value is -2.47. The highest BCUT2D eigenvalue weighted by molar-refractivity contribution is 7.10. The lowest BCUT2D eigenvalue weighted by Gasteiger charge is -2.19. The SMILES string of the molecule is Cc1ccsc1[C@@H](Cc1ccccc1)NC(=O)CCn1cncn1. The molecular weight excluding hydrogens is 320 g/mol. The van der Waals surface area contributed by atoms with E-state index in [1.165, 1.54) is 22.3 Å². The number of aryl methyl sites for hydroxylation is 2. The average Bonchev–Trinajstić information content (AvgIpc) is 3.25. The molecule has 0 radical (unpaired) electrons. The van der Waals surface area contributed by atoms with E-state index in [0.717, 1.165) is 6.42 Å². The number of thiophene rings is 1. The molecule has 24 heavy (non-hydrogen) atoms. The fourth-order valence-electron chi connectivity index (χ4n) is 2.63. The Labute approximate surface area is 145 Å². The third-order valence-corrected chi connectivity index (χ3v) is 5.00. The summed E-state index contributed by atoms with van der Waals surface area (Å²) in [6.07, 6.45) is 4.28. The van der Waals surface area contributed by atoms with E-state index in [9.17, 15) is 4.79 Å². The smallest absolute Gasteiger partial charge is 0.222 e. The molecule has 0 saturated carbocycles. The summed E-state index contributed by atoms with van der Waals surface area (Å²) in [4.78, 5) is 17.5. The number of nitrogens with zero attached hydrogens (tertiary/aromatic N) is 3. The predicted octanol–water partition coefficient (Wildman–Crippen LogP) is 3.14. The van der Waals surface area contributed by atoms with Crippen LogP contribution in [0.2, 0.25) is 0 Å². The van der Waals surface area contributed by atoms with E-state index in [2.05, 4.69) is 45.9 Å². The number of nitrogens with one attached hydrogen (secondary N) is 1. The molecule has 124 valence electrons. The van der Waals surface area contributed by atoms with Crippen LogP contribution in [0, 0.1) is 6.92 Å². The Morgan fingerprint density at radius 3 is 2.79 bits per heavy atom. The molecule has 1 N–H and O–H groups in total. The van der Waals surface area contributed by atoms with Gasteiger partial charge in [0.05, 0.1) is 12.6 Å². The first-order valence-corrected chi connectivity index (χ1v) is 8.80. The van der Waals surface area contributed by atoms with Crippen molar-refractivity contribution in [3.8, 4) is 0 Å². The molecule has 2 heterocycles. The van der Waals surface area contributed by atoms with Crippen LogP contribution in [-0.2, 0) is 17.8 Å². The van der Waals surface area contributed by atoms with Gasteiger partial charge in [-0.05, 0) is 35.9 Å². The Balaban J connectivity index is 1.67. The van der Waals surface area contributed by atoms with Gasteiger partial charge in [0.1, 0.15) is 12.7 Å². The van der Waals surface area contributed by atoms with Gasteiger partial charge in [-0.3, -0.25) is 9.48 Å². The van der Waals surface area contributed by atoms with Gasteiger partial charge < -0.3 is 5.32 Å². The zero-order valence-corrected chi connectivity index (χ0v) is 14.4. The van der Waals surface area contributed by atoms with Gasteiger partial charge in [0.2, 0.25) is 5.91 Å². The first kappa shape index (κ1) is 16.4. The maximum absolute atomic E-state index is 12.4. The second-order valence-corrected chi connectivity index (χ2v) is 6.63. The van der Waals surface area contributed by atoms with E-state index in [1.54, 1.807) is 22.3 Å². The molecule has 5 nitrogen and oxygen atoms in total. The molecule has 2 aromatic heterocycles. The molecule has 1 aromatic carbocycles. The van der Waals surface area contributed by atoms with Gasteiger partial charge in [-0.1, -0.05) is 30.3 Å². The summed E-state index contributed by atoms with van der Waals surface area (Å²) >= 11 is 1.69. The molecular formula is C18H20N4OS. The summed E-state index contributed by atoms with van der Waals surface area (Å²) in [5, 5.41) is 9.28. The topological polar surface area (TPSA) is 59.8 Å². The minimum Gasteiger partial charge on any atom is -0.348 e. The summed E-state index contributed by atoms with van der Waals surface area (Å²) in [5.41, 5.74) is 2.43. The fourth-order valence-corrected chi connectivity index (χ4v) is 3.61. The highest BCUT2D eigenvalue weighted by Gasteiger charge is 2.18. The number of carbonyl (C=O) groups is 1. The number of rotatable bonds is 7. The molecule has 0 fully saturated rings. The molecule has 0 spiro atoms. The van der Waals surface area contributed by atoms with Crippen molar-refractivity contribution in [2.24, 2.45) is 0 Å². The Kier molecular flexibility index (Phi) is 5.38. The Bertz CT molecular complexity index is 767. The van der Waals surface area contributed by atoms with Crippen LogP contribution in [0.1, 0.15) is 28.5 Å².